The molecule has 12 heteroatoms. The fourth-order valence-corrected chi connectivity index (χ4v) is 7.03. The van der Waals surface area contributed by atoms with E-state index < -0.39 is 16.1 Å². The number of aromatic nitrogens is 4. The first-order chi connectivity index (χ1) is 22.4. The highest BCUT2D eigenvalue weighted by atomic mass is 35.5. The fourth-order valence-electron chi connectivity index (χ4n) is 5.64. The van der Waals surface area contributed by atoms with Gasteiger partial charge in [-0.3, -0.25) is 14.6 Å². The number of allylic oxidation sites excluding steroid dienone is 3. The van der Waals surface area contributed by atoms with Crippen molar-refractivity contribution in [3.63, 3.8) is 0 Å². The molecule has 1 saturated heterocycles. The molecule has 1 atom stereocenters. The van der Waals surface area contributed by atoms with Crippen molar-refractivity contribution in [2.24, 2.45) is 0 Å². The highest BCUT2D eigenvalue weighted by molar-refractivity contribution is 7.92. The number of anilines is 2. The van der Waals surface area contributed by atoms with Gasteiger partial charge in [-0.1, -0.05) is 65.9 Å². The van der Waals surface area contributed by atoms with Crippen LogP contribution in [-0.4, -0.2) is 51.9 Å². The van der Waals surface area contributed by atoms with Crippen LogP contribution in [0.4, 0.5) is 11.4 Å². The van der Waals surface area contributed by atoms with Crippen LogP contribution in [0.5, 0.6) is 0 Å². The maximum atomic E-state index is 13.3. The van der Waals surface area contributed by atoms with Crippen molar-refractivity contribution in [3.05, 3.63) is 108 Å². The number of pyridine rings is 1. The SMILES string of the molecule is C=C(/C=C\C=C/C)[C@H](Nc1cc(Cl)c2ncc(C#N)c(NS(=O)(=O)c3ccccc3)c2c1)c1cn(C2CCN(C(C)(C)C)CC2)nn1. The minimum absolute atomic E-state index is 0.0564. The van der Waals surface area contributed by atoms with Gasteiger partial charge in [-0.15, -0.1) is 5.10 Å². The lowest BCUT2D eigenvalue weighted by Gasteiger charge is -2.40. The first-order valence-electron chi connectivity index (χ1n) is 15.4. The molecule has 0 amide bonds. The molecule has 2 N–H and O–H groups in total. The van der Waals surface area contributed by atoms with E-state index >= 15 is 0 Å². The number of fused-ring (bicyclic) bond motifs is 1. The van der Waals surface area contributed by atoms with E-state index in [1.165, 1.54) is 18.3 Å². The Bertz CT molecular complexity index is 1970. The molecule has 47 heavy (non-hydrogen) atoms. The van der Waals surface area contributed by atoms with Crippen LogP contribution in [0.2, 0.25) is 5.02 Å². The number of likely N-dealkylation sites (tertiary alicyclic amines) is 1. The van der Waals surface area contributed by atoms with Crippen LogP contribution in [0.3, 0.4) is 0 Å². The highest BCUT2D eigenvalue weighted by Crippen LogP contribution is 2.37. The summed E-state index contributed by atoms with van der Waals surface area (Å²) < 4.78 is 31.2. The van der Waals surface area contributed by atoms with Gasteiger partial charge in [0.05, 0.1) is 45.0 Å². The van der Waals surface area contributed by atoms with Crippen LogP contribution in [0, 0.1) is 11.3 Å². The maximum absolute atomic E-state index is 13.3. The molecular formula is C35H39ClN8O2S. The quantitative estimate of drug-likeness (QED) is 0.167. The average molecular weight is 671 g/mol. The molecule has 1 aliphatic heterocycles. The van der Waals surface area contributed by atoms with Crippen LogP contribution in [0.15, 0.2) is 96.2 Å². The van der Waals surface area contributed by atoms with E-state index in [1.54, 1.807) is 30.3 Å². The zero-order chi connectivity index (χ0) is 33.8. The second-order valence-corrected chi connectivity index (χ2v) is 14.6. The van der Waals surface area contributed by atoms with Crippen molar-refractivity contribution in [1.29, 1.82) is 5.26 Å². The molecule has 2 aromatic carbocycles. The molecule has 0 radical (unpaired) electrons. The first kappa shape index (κ1) is 33.9. The summed E-state index contributed by atoms with van der Waals surface area (Å²) in [5.41, 5.74) is 2.56. The van der Waals surface area contributed by atoms with E-state index in [0.717, 1.165) is 31.5 Å². The fraction of sp³-hybridized carbons (Fsp3) is 0.314. The average Bonchev–Trinajstić information content (AvgIpc) is 3.54. The number of sulfonamides is 1. The van der Waals surface area contributed by atoms with Gasteiger partial charge in [-0.05, 0) is 70.4 Å². The molecule has 244 valence electrons. The van der Waals surface area contributed by atoms with Crippen LogP contribution < -0.4 is 10.0 Å². The predicted octanol–water partition coefficient (Wildman–Crippen LogP) is 7.43. The van der Waals surface area contributed by atoms with Crippen LogP contribution in [0.1, 0.15) is 63.9 Å². The summed E-state index contributed by atoms with van der Waals surface area (Å²) in [7, 11) is -4.02. The highest BCUT2D eigenvalue weighted by Gasteiger charge is 2.29. The Hall–Kier alpha value is -4.50. The lowest BCUT2D eigenvalue weighted by Crippen LogP contribution is -2.46. The Morgan fingerprint density at radius 1 is 1.17 bits per heavy atom. The number of hydrogen-bond acceptors (Lipinski definition) is 8. The van der Waals surface area contributed by atoms with Crippen molar-refractivity contribution >= 4 is 43.9 Å². The Labute approximate surface area is 281 Å². The summed E-state index contributed by atoms with van der Waals surface area (Å²) in [5.74, 6) is 0. The van der Waals surface area contributed by atoms with E-state index in [0.29, 0.717) is 22.3 Å². The number of nitrogens with one attached hydrogen (secondary N) is 2. The van der Waals surface area contributed by atoms with E-state index in [2.05, 4.69) is 63.7 Å². The second-order valence-electron chi connectivity index (χ2n) is 12.5. The molecule has 0 spiro atoms. The lowest BCUT2D eigenvalue weighted by atomic mass is 9.98. The van der Waals surface area contributed by atoms with Gasteiger partial charge in [0.15, 0.2) is 0 Å². The molecular weight excluding hydrogens is 632 g/mol. The van der Waals surface area contributed by atoms with E-state index in [-0.39, 0.29) is 32.7 Å². The zero-order valence-electron chi connectivity index (χ0n) is 27.0. The predicted molar refractivity (Wildman–Crippen MR) is 188 cm³/mol. The van der Waals surface area contributed by atoms with Gasteiger partial charge >= 0.3 is 0 Å². The van der Waals surface area contributed by atoms with Crippen LogP contribution in [0.25, 0.3) is 10.9 Å². The lowest BCUT2D eigenvalue weighted by molar-refractivity contribution is 0.0866. The third-order valence-electron chi connectivity index (χ3n) is 8.24. The molecule has 0 saturated carbocycles. The summed E-state index contributed by atoms with van der Waals surface area (Å²) in [5, 5.41) is 23.1. The number of nitriles is 1. The molecule has 4 aromatic rings. The van der Waals surface area contributed by atoms with Gasteiger partial charge in [-0.2, -0.15) is 5.26 Å². The van der Waals surface area contributed by atoms with Gasteiger partial charge in [0.2, 0.25) is 0 Å². The summed E-state index contributed by atoms with van der Waals surface area (Å²) in [6.07, 6.45) is 12.8. The third kappa shape index (κ3) is 7.73. The van der Waals surface area contributed by atoms with E-state index in [4.69, 9.17) is 11.6 Å². The van der Waals surface area contributed by atoms with Crippen molar-refractivity contribution in [2.45, 2.75) is 63.1 Å². The molecule has 0 unspecified atom stereocenters. The summed E-state index contributed by atoms with van der Waals surface area (Å²) in [6, 6.07) is 13.2. The number of piperidine rings is 1. The number of nitrogens with zero attached hydrogens (tertiary/aromatic N) is 6. The summed E-state index contributed by atoms with van der Waals surface area (Å²) in [4.78, 5) is 6.92. The van der Waals surface area contributed by atoms with Crippen LogP contribution >= 0.6 is 11.6 Å². The Balaban J connectivity index is 1.51. The molecule has 10 nitrogen and oxygen atoms in total. The number of benzene rings is 2. The van der Waals surface area contributed by atoms with Crippen LogP contribution in [-0.2, 0) is 10.0 Å². The Morgan fingerprint density at radius 2 is 1.89 bits per heavy atom. The number of hydrogen-bond donors (Lipinski definition) is 2. The summed E-state index contributed by atoms with van der Waals surface area (Å²) in [6.45, 7) is 14.9. The van der Waals surface area contributed by atoms with Gasteiger partial charge in [-0.25, -0.2) is 13.1 Å². The molecule has 5 rings (SSSR count). The van der Waals surface area contributed by atoms with Gasteiger partial charge in [0.25, 0.3) is 10.0 Å². The topological polar surface area (TPSA) is 129 Å². The van der Waals surface area contributed by atoms with Crippen molar-refractivity contribution < 1.29 is 8.42 Å². The van der Waals surface area contributed by atoms with Crippen molar-refractivity contribution in [1.82, 2.24) is 24.9 Å². The minimum atomic E-state index is -4.02. The number of halogens is 1. The monoisotopic (exact) mass is 670 g/mol. The van der Waals surface area contributed by atoms with Gasteiger partial charge in [0, 0.05) is 35.9 Å². The van der Waals surface area contributed by atoms with E-state index in [1.807, 2.05) is 42.1 Å². The number of rotatable bonds is 10. The standard InChI is InChI=1S/C35H39ClN8O2S/c1-6-7-9-12-24(2)32(31-23-44(42-40-31)27-15-17-43(18-16-27)35(3,4)5)39-26-19-29-33(25(21-37)22-38-34(29)30(36)20-26)41-47(45,46)28-13-10-8-11-14-28/h6-14,19-20,22-23,27,32,39H,2,15-18H2,1,3-5H3,(H,38,41)/b7-6-,12-9-/t32-/m0/s1. The molecule has 0 aliphatic carbocycles. The zero-order valence-corrected chi connectivity index (χ0v) is 28.6. The third-order valence-corrected chi connectivity index (χ3v) is 9.90. The minimum Gasteiger partial charge on any atom is -0.373 e. The van der Waals surface area contributed by atoms with Crippen molar-refractivity contribution in [3.8, 4) is 6.07 Å². The van der Waals surface area contributed by atoms with Gasteiger partial charge < -0.3 is 5.32 Å². The second kappa shape index (κ2) is 14.1. The van der Waals surface area contributed by atoms with Crippen molar-refractivity contribution in [2.75, 3.05) is 23.1 Å². The molecule has 0 bridgehead atoms. The molecule has 1 fully saturated rings. The Kier molecular flexibility index (Phi) is 10.2. The largest absolute Gasteiger partial charge is 0.373 e. The molecule has 3 heterocycles. The molecule has 2 aromatic heterocycles. The molecule has 1 aliphatic rings. The smallest absolute Gasteiger partial charge is 0.261 e. The maximum Gasteiger partial charge on any atom is 0.261 e. The summed E-state index contributed by atoms with van der Waals surface area (Å²) >= 11 is 6.73. The first-order valence-corrected chi connectivity index (χ1v) is 17.3. The van der Waals surface area contributed by atoms with Gasteiger partial charge in [0.1, 0.15) is 11.8 Å². The normalized spacial score (nSPS) is 15.7. The van der Waals surface area contributed by atoms with E-state index in [9.17, 15) is 13.7 Å². The Morgan fingerprint density at radius 3 is 2.55 bits per heavy atom.